The number of benzene rings is 2. The number of rotatable bonds is 10. The molecule has 4 atom stereocenters. The molecular weight excluding hydrogens is 572 g/mol. The van der Waals surface area contributed by atoms with Crippen molar-refractivity contribution >= 4 is 11.6 Å². The van der Waals surface area contributed by atoms with Gasteiger partial charge in [-0.3, -0.25) is 9.97 Å². The van der Waals surface area contributed by atoms with Crippen molar-refractivity contribution in [2.24, 2.45) is 11.8 Å². The van der Waals surface area contributed by atoms with Gasteiger partial charge in [0.05, 0.1) is 30.2 Å². The van der Waals surface area contributed by atoms with Gasteiger partial charge in [-0.2, -0.15) is 0 Å². The van der Waals surface area contributed by atoms with Crippen LogP contribution < -0.4 is 4.74 Å². The summed E-state index contributed by atoms with van der Waals surface area (Å²) in [5.74, 6) is -2.34. The van der Waals surface area contributed by atoms with E-state index in [0.29, 0.717) is 52.7 Å². The predicted octanol–water partition coefficient (Wildman–Crippen LogP) is 7.60. The number of halogens is 5. The van der Waals surface area contributed by atoms with Gasteiger partial charge in [-0.15, -0.1) is 0 Å². The second-order valence-corrected chi connectivity index (χ2v) is 10.5. The van der Waals surface area contributed by atoms with E-state index in [-0.39, 0.29) is 11.8 Å². The zero-order valence-electron chi connectivity index (χ0n) is 23.4. The van der Waals surface area contributed by atoms with Crippen LogP contribution in [-0.2, 0) is 12.8 Å². The van der Waals surface area contributed by atoms with Crippen molar-refractivity contribution in [2.45, 2.75) is 45.8 Å². The number of hydrogen-bond acceptors (Lipinski definition) is 5. The molecule has 0 aliphatic carbocycles. The average molecular weight is 605 g/mol. The standard InChI is InChI=1S/C17H19F2NO2.C15H14ClF2NO/c1-3-22-15-4-5-20-16(10-15)17(21)11(2)6-12-7-13(18)9-14(19)8-12;1-9(4-10-5-12(17)8-13(18)6-10)15(20)14-7-11(16)2-3-19-14/h4-5,7-11,17,21H,3,6H2,1-2H3;2-3,5-9,15,20H,4H2,1H3/t11-,17-;9-,15-/m00/s1. The Morgan fingerprint density at radius 2 is 1.12 bits per heavy atom. The van der Waals surface area contributed by atoms with Crippen LogP contribution in [0.3, 0.4) is 0 Å². The van der Waals surface area contributed by atoms with Crippen molar-refractivity contribution in [3.8, 4) is 5.75 Å². The Balaban J connectivity index is 0.000000231. The fraction of sp³-hybridized carbons (Fsp3) is 0.312. The van der Waals surface area contributed by atoms with Crippen LogP contribution in [-0.4, -0.2) is 26.8 Å². The minimum atomic E-state index is -0.847. The molecule has 0 unspecified atom stereocenters. The number of hydrogen-bond donors (Lipinski definition) is 2. The zero-order valence-corrected chi connectivity index (χ0v) is 24.2. The maximum absolute atomic E-state index is 13.2. The molecular formula is C32H33ClF4N2O3. The highest BCUT2D eigenvalue weighted by Gasteiger charge is 2.20. The van der Waals surface area contributed by atoms with Gasteiger partial charge >= 0.3 is 0 Å². The van der Waals surface area contributed by atoms with Crippen molar-refractivity contribution < 1.29 is 32.5 Å². The number of ether oxygens (including phenoxy) is 1. The summed E-state index contributed by atoms with van der Waals surface area (Å²) in [6, 6.07) is 13.3. The third kappa shape index (κ3) is 10.1. The van der Waals surface area contributed by atoms with E-state index in [1.807, 2.05) is 13.8 Å². The zero-order chi connectivity index (χ0) is 30.8. The Morgan fingerprint density at radius 1 is 0.690 bits per heavy atom. The van der Waals surface area contributed by atoms with Gasteiger partial charge in [0.25, 0.3) is 0 Å². The Hall–Kier alpha value is -3.53. The molecule has 0 radical (unpaired) electrons. The molecule has 0 spiro atoms. The summed E-state index contributed by atoms with van der Waals surface area (Å²) in [7, 11) is 0. The molecule has 0 bridgehead atoms. The van der Waals surface area contributed by atoms with Gasteiger partial charge in [-0.25, -0.2) is 17.6 Å². The number of aliphatic hydroxyl groups is 2. The molecule has 0 aliphatic heterocycles. The van der Waals surface area contributed by atoms with Crippen LogP contribution >= 0.6 is 11.6 Å². The summed E-state index contributed by atoms with van der Waals surface area (Å²) in [6.45, 7) is 5.99. The van der Waals surface area contributed by atoms with E-state index >= 15 is 0 Å². The highest BCUT2D eigenvalue weighted by molar-refractivity contribution is 6.30. The van der Waals surface area contributed by atoms with E-state index in [0.717, 1.165) is 12.1 Å². The van der Waals surface area contributed by atoms with Gasteiger partial charge in [-0.1, -0.05) is 25.4 Å². The molecule has 4 aromatic rings. The molecule has 0 saturated carbocycles. The third-order valence-corrected chi connectivity index (χ3v) is 6.69. The van der Waals surface area contributed by atoms with E-state index in [9.17, 15) is 27.8 Å². The minimum Gasteiger partial charge on any atom is -0.494 e. The quantitative estimate of drug-likeness (QED) is 0.182. The summed E-state index contributed by atoms with van der Waals surface area (Å²) < 4.78 is 58.0. The molecule has 5 nitrogen and oxygen atoms in total. The molecule has 2 N–H and O–H groups in total. The Kier molecular flexibility index (Phi) is 12.3. The fourth-order valence-corrected chi connectivity index (χ4v) is 4.60. The summed E-state index contributed by atoms with van der Waals surface area (Å²) in [5, 5.41) is 21.1. The lowest BCUT2D eigenvalue weighted by molar-refractivity contribution is 0.113. The first-order valence-corrected chi connectivity index (χ1v) is 13.8. The molecule has 0 aliphatic rings. The predicted molar refractivity (Wildman–Crippen MR) is 153 cm³/mol. The van der Waals surface area contributed by atoms with Gasteiger partial charge in [0.2, 0.25) is 0 Å². The van der Waals surface area contributed by atoms with Crippen molar-refractivity contribution in [3.63, 3.8) is 0 Å². The number of aromatic nitrogens is 2. The van der Waals surface area contributed by atoms with Crippen LogP contribution in [0.2, 0.25) is 5.02 Å². The SMILES string of the molecule is CCOc1ccnc([C@@H](O)[C@@H](C)Cc2cc(F)cc(F)c2)c1.C[C@@H](Cc1cc(F)cc(F)c1)[C@H](O)c1cc(Cl)ccn1. The van der Waals surface area contributed by atoms with Crippen LogP contribution in [0.25, 0.3) is 0 Å². The van der Waals surface area contributed by atoms with Crippen molar-refractivity contribution in [3.05, 3.63) is 124 Å². The molecule has 0 amide bonds. The summed E-state index contributed by atoms with van der Waals surface area (Å²) >= 11 is 5.85. The average Bonchev–Trinajstić information content (AvgIpc) is 2.91. The number of pyridine rings is 2. The first-order valence-electron chi connectivity index (χ1n) is 13.4. The monoisotopic (exact) mass is 604 g/mol. The second kappa shape index (κ2) is 15.6. The summed E-state index contributed by atoms with van der Waals surface area (Å²) in [5.41, 5.74) is 1.93. The first kappa shape index (κ1) is 33.0. The van der Waals surface area contributed by atoms with Crippen LogP contribution in [0.4, 0.5) is 17.6 Å². The highest BCUT2D eigenvalue weighted by Crippen LogP contribution is 2.27. The summed E-state index contributed by atoms with van der Waals surface area (Å²) in [4.78, 5) is 8.20. The van der Waals surface area contributed by atoms with E-state index in [1.54, 1.807) is 37.4 Å². The van der Waals surface area contributed by atoms with Crippen LogP contribution in [0.1, 0.15) is 55.5 Å². The summed E-state index contributed by atoms with van der Waals surface area (Å²) in [6.07, 6.45) is 2.07. The van der Waals surface area contributed by atoms with Gasteiger partial charge in [-0.05, 0) is 85.2 Å². The molecule has 224 valence electrons. The van der Waals surface area contributed by atoms with Gasteiger partial charge in [0.15, 0.2) is 0 Å². The highest BCUT2D eigenvalue weighted by atomic mass is 35.5. The molecule has 2 aromatic heterocycles. The fourth-order valence-electron chi connectivity index (χ4n) is 4.44. The maximum atomic E-state index is 13.2. The Labute approximate surface area is 247 Å². The molecule has 0 fully saturated rings. The maximum Gasteiger partial charge on any atom is 0.126 e. The normalized spacial score (nSPS) is 13.9. The van der Waals surface area contributed by atoms with Crippen LogP contribution in [0, 0.1) is 35.1 Å². The molecule has 4 rings (SSSR count). The van der Waals surface area contributed by atoms with E-state index < -0.39 is 35.5 Å². The smallest absolute Gasteiger partial charge is 0.126 e. The van der Waals surface area contributed by atoms with E-state index in [2.05, 4.69) is 9.97 Å². The molecule has 10 heteroatoms. The lowest BCUT2D eigenvalue weighted by atomic mass is 9.93. The third-order valence-electron chi connectivity index (χ3n) is 6.45. The topological polar surface area (TPSA) is 75.5 Å². The first-order chi connectivity index (χ1) is 19.9. The lowest BCUT2D eigenvalue weighted by Gasteiger charge is -2.19. The minimum absolute atomic E-state index is 0.245. The lowest BCUT2D eigenvalue weighted by Crippen LogP contribution is -2.14. The van der Waals surface area contributed by atoms with Gasteiger partial charge in [0, 0.05) is 35.6 Å². The molecule has 2 heterocycles. The Morgan fingerprint density at radius 3 is 1.55 bits per heavy atom. The van der Waals surface area contributed by atoms with E-state index in [4.69, 9.17) is 16.3 Å². The van der Waals surface area contributed by atoms with Crippen molar-refractivity contribution in [1.29, 1.82) is 0 Å². The van der Waals surface area contributed by atoms with Crippen molar-refractivity contribution in [1.82, 2.24) is 9.97 Å². The van der Waals surface area contributed by atoms with Gasteiger partial charge < -0.3 is 14.9 Å². The Bertz CT molecular complexity index is 1420. The van der Waals surface area contributed by atoms with Crippen LogP contribution in [0.15, 0.2) is 73.1 Å². The van der Waals surface area contributed by atoms with Crippen LogP contribution in [0.5, 0.6) is 5.75 Å². The largest absolute Gasteiger partial charge is 0.494 e. The van der Waals surface area contributed by atoms with Gasteiger partial charge in [0.1, 0.15) is 29.0 Å². The second-order valence-electron chi connectivity index (χ2n) is 10.1. The molecule has 42 heavy (non-hydrogen) atoms. The van der Waals surface area contributed by atoms with Crippen molar-refractivity contribution in [2.75, 3.05) is 6.61 Å². The van der Waals surface area contributed by atoms with E-state index in [1.165, 1.54) is 30.5 Å². The number of nitrogens with zero attached hydrogens (tertiary/aromatic N) is 2. The number of aliphatic hydroxyl groups excluding tert-OH is 2. The molecule has 2 aromatic carbocycles. The molecule has 0 saturated heterocycles.